The van der Waals surface area contributed by atoms with Crippen LogP contribution in [0.4, 0.5) is 4.39 Å². The summed E-state index contributed by atoms with van der Waals surface area (Å²) in [6.45, 7) is 3.44. The molecule has 8 nitrogen and oxygen atoms in total. The van der Waals surface area contributed by atoms with Crippen LogP contribution in [0.1, 0.15) is 17.0 Å². The van der Waals surface area contributed by atoms with Gasteiger partial charge in [-0.3, -0.25) is 9.48 Å². The molecule has 1 aliphatic heterocycles. The van der Waals surface area contributed by atoms with Crippen molar-refractivity contribution in [1.82, 2.24) is 19.4 Å². The van der Waals surface area contributed by atoms with Crippen LogP contribution in [-0.4, -0.2) is 48.7 Å². The molecular weight excluding hydrogens is 375 g/mol. The van der Waals surface area contributed by atoms with E-state index in [9.17, 15) is 17.6 Å². The molecule has 0 fully saturated rings. The normalized spacial score (nSPS) is 14.7. The maximum Gasteiger partial charge on any atom is 0.260 e. The van der Waals surface area contributed by atoms with Crippen LogP contribution in [0.2, 0.25) is 0 Å². The highest BCUT2D eigenvalue weighted by atomic mass is 32.2. The molecule has 0 unspecified atom stereocenters. The minimum Gasteiger partial charge on any atom is -0.483 e. The zero-order valence-electron chi connectivity index (χ0n) is 15.3. The van der Waals surface area contributed by atoms with Crippen molar-refractivity contribution in [2.24, 2.45) is 7.05 Å². The largest absolute Gasteiger partial charge is 0.483 e. The maximum atomic E-state index is 13.5. The summed E-state index contributed by atoms with van der Waals surface area (Å²) in [7, 11) is -2.08. The van der Waals surface area contributed by atoms with Gasteiger partial charge < -0.3 is 9.64 Å². The van der Waals surface area contributed by atoms with Crippen molar-refractivity contribution >= 4 is 15.9 Å². The smallest absolute Gasteiger partial charge is 0.260 e. The van der Waals surface area contributed by atoms with Gasteiger partial charge in [-0.15, -0.1) is 0 Å². The van der Waals surface area contributed by atoms with Crippen LogP contribution in [0, 0.1) is 19.7 Å². The van der Waals surface area contributed by atoms with Crippen LogP contribution in [0.15, 0.2) is 23.1 Å². The molecule has 0 saturated carbocycles. The molecule has 0 aliphatic carbocycles. The first-order chi connectivity index (χ1) is 12.7. The molecule has 1 aromatic carbocycles. The topological polar surface area (TPSA) is 93.5 Å². The number of carbonyl (C=O) groups excluding carboxylic acids is 1. The van der Waals surface area contributed by atoms with Crippen LogP contribution in [0.3, 0.4) is 0 Å². The van der Waals surface area contributed by atoms with Crippen LogP contribution in [0.5, 0.6) is 5.75 Å². The molecule has 0 saturated heterocycles. The van der Waals surface area contributed by atoms with Crippen molar-refractivity contribution in [3.05, 3.63) is 41.0 Å². The second-order valence-corrected chi connectivity index (χ2v) is 8.08. The van der Waals surface area contributed by atoms with Crippen LogP contribution in [-0.2, 0) is 28.4 Å². The zero-order valence-corrected chi connectivity index (χ0v) is 16.1. The number of rotatable bonds is 5. The fourth-order valence-electron chi connectivity index (χ4n) is 3.07. The molecule has 1 amide bonds. The summed E-state index contributed by atoms with van der Waals surface area (Å²) < 4.78 is 48.0. The number of benzene rings is 1. The van der Waals surface area contributed by atoms with Gasteiger partial charge in [0.05, 0.1) is 11.4 Å². The third-order valence-electron chi connectivity index (χ3n) is 4.47. The van der Waals surface area contributed by atoms with E-state index >= 15 is 0 Å². The molecule has 27 heavy (non-hydrogen) atoms. The Morgan fingerprint density at radius 3 is 2.74 bits per heavy atom. The number of hydrogen-bond donors (Lipinski definition) is 1. The van der Waals surface area contributed by atoms with Gasteiger partial charge in [-0.2, -0.15) is 5.10 Å². The lowest BCUT2D eigenvalue weighted by Gasteiger charge is -2.20. The highest BCUT2D eigenvalue weighted by molar-refractivity contribution is 7.89. The second-order valence-electron chi connectivity index (χ2n) is 6.38. The number of aryl methyl sites for hydroxylation is 2. The molecule has 10 heteroatoms. The molecule has 1 aliphatic rings. The summed E-state index contributed by atoms with van der Waals surface area (Å²) in [5, 5.41) is 4.11. The lowest BCUT2D eigenvalue weighted by molar-refractivity contribution is -0.133. The molecule has 0 atom stereocenters. The van der Waals surface area contributed by atoms with Crippen molar-refractivity contribution in [3.63, 3.8) is 0 Å². The zero-order chi connectivity index (χ0) is 19.8. The van der Waals surface area contributed by atoms with Gasteiger partial charge in [0.25, 0.3) is 5.91 Å². The third-order valence-corrected chi connectivity index (χ3v) is 6.19. The SMILES string of the molecule is Cc1nn(C)c(C)c1S(=O)(=O)NCCN1Cc2cc(F)ccc2OCC1=O. The first-order valence-electron chi connectivity index (χ1n) is 8.38. The van der Waals surface area contributed by atoms with E-state index in [1.165, 1.54) is 27.8 Å². The molecule has 0 spiro atoms. The second kappa shape index (κ2) is 7.28. The fourth-order valence-corrected chi connectivity index (χ4v) is 4.53. The Labute approximate surface area is 157 Å². The van der Waals surface area contributed by atoms with Gasteiger partial charge in [0, 0.05) is 32.2 Å². The Balaban J connectivity index is 1.70. The summed E-state index contributed by atoms with van der Waals surface area (Å²) in [4.78, 5) is 13.8. The average molecular weight is 396 g/mol. The quantitative estimate of drug-likeness (QED) is 0.810. The molecule has 0 bridgehead atoms. The molecule has 3 rings (SSSR count). The van der Waals surface area contributed by atoms with Crippen LogP contribution < -0.4 is 9.46 Å². The lowest BCUT2D eigenvalue weighted by Crippen LogP contribution is -2.39. The van der Waals surface area contributed by atoms with E-state index in [1.54, 1.807) is 20.9 Å². The Hall–Kier alpha value is -2.46. The van der Waals surface area contributed by atoms with E-state index in [0.717, 1.165) is 0 Å². The van der Waals surface area contributed by atoms with Gasteiger partial charge in [-0.05, 0) is 32.0 Å². The number of sulfonamides is 1. The minimum absolute atomic E-state index is 0.0203. The van der Waals surface area contributed by atoms with Crippen molar-refractivity contribution in [2.75, 3.05) is 19.7 Å². The van der Waals surface area contributed by atoms with Gasteiger partial charge in [0.1, 0.15) is 16.5 Å². The monoisotopic (exact) mass is 396 g/mol. The highest BCUT2D eigenvalue weighted by Crippen LogP contribution is 2.24. The molecule has 1 N–H and O–H groups in total. The van der Waals surface area contributed by atoms with E-state index in [0.29, 0.717) is 22.7 Å². The lowest BCUT2D eigenvalue weighted by atomic mass is 10.2. The van der Waals surface area contributed by atoms with Crippen molar-refractivity contribution in [2.45, 2.75) is 25.3 Å². The van der Waals surface area contributed by atoms with Gasteiger partial charge >= 0.3 is 0 Å². The van der Waals surface area contributed by atoms with Crippen LogP contribution in [0.25, 0.3) is 0 Å². The fraction of sp³-hybridized carbons (Fsp3) is 0.412. The first kappa shape index (κ1) is 19.3. The highest BCUT2D eigenvalue weighted by Gasteiger charge is 2.25. The summed E-state index contributed by atoms with van der Waals surface area (Å²) in [5.41, 5.74) is 1.48. The van der Waals surface area contributed by atoms with Gasteiger partial charge in [-0.1, -0.05) is 0 Å². The Bertz CT molecular complexity index is 987. The molecule has 1 aromatic heterocycles. The number of carbonyl (C=O) groups is 1. The predicted molar refractivity (Wildman–Crippen MR) is 95.2 cm³/mol. The first-order valence-corrected chi connectivity index (χ1v) is 9.86. The van der Waals surface area contributed by atoms with E-state index in [-0.39, 0.29) is 37.0 Å². The molecular formula is C17H21FN4O4S. The Morgan fingerprint density at radius 2 is 2.07 bits per heavy atom. The molecule has 146 valence electrons. The van der Waals surface area contributed by atoms with Crippen molar-refractivity contribution in [1.29, 1.82) is 0 Å². The average Bonchev–Trinajstić information content (AvgIpc) is 2.75. The van der Waals surface area contributed by atoms with Gasteiger partial charge in [0.15, 0.2) is 6.61 Å². The molecule has 2 heterocycles. The molecule has 2 aromatic rings. The number of amides is 1. The summed E-state index contributed by atoms with van der Waals surface area (Å²) in [5.74, 6) is -0.260. The van der Waals surface area contributed by atoms with Gasteiger partial charge in [0.2, 0.25) is 10.0 Å². The number of hydrogen-bond acceptors (Lipinski definition) is 5. The number of fused-ring (bicyclic) bond motifs is 1. The van der Waals surface area contributed by atoms with E-state index in [2.05, 4.69) is 9.82 Å². The maximum absolute atomic E-state index is 13.5. The summed E-state index contributed by atoms with van der Waals surface area (Å²) >= 11 is 0. The number of aromatic nitrogens is 2. The molecule has 0 radical (unpaired) electrons. The number of halogens is 1. The van der Waals surface area contributed by atoms with Crippen molar-refractivity contribution < 1.29 is 22.3 Å². The Kier molecular flexibility index (Phi) is 5.20. The van der Waals surface area contributed by atoms with E-state index < -0.39 is 15.8 Å². The predicted octanol–water partition coefficient (Wildman–Crippen LogP) is 0.876. The third kappa shape index (κ3) is 3.96. The summed E-state index contributed by atoms with van der Waals surface area (Å²) in [6, 6.07) is 4.07. The standard InChI is InChI=1S/C17H21FN4O4S/c1-11-17(12(2)21(3)20-11)27(24,25)19-6-7-22-9-13-8-14(18)4-5-15(13)26-10-16(22)23/h4-5,8,19H,6-7,9-10H2,1-3H3. The Morgan fingerprint density at radius 1 is 1.33 bits per heavy atom. The minimum atomic E-state index is -3.76. The van der Waals surface area contributed by atoms with E-state index in [1.807, 2.05) is 0 Å². The number of nitrogens with one attached hydrogen (secondary N) is 1. The van der Waals surface area contributed by atoms with Crippen LogP contribution >= 0.6 is 0 Å². The van der Waals surface area contributed by atoms with E-state index in [4.69, 9.17) is 4.74 Å². The number of ether oxygens (including phenoxy) is 1. The number of nitrogens with zero attached hydrogens (tertiary/aromatic N) is 3. The summed E-state index contributed by atoms with van der Waals surface area (Å²) in [6.07, 6.45) is 0. The van der Waals surface area contributed by atoms with Crippen molar-refractivity contribution in [3.8, 4) is 5.75 Å². The van der Waals surface area contributed by atoms with Gasteiger partial charge in [-0.25, -0.2) is 17.5 Å².